The second-order valence-electron chi connectivity index (χ2n) is 10.8. The Bertz CT molecular complexity index is 1440. The number of halogens is 1. The van der Waals surface area contributed by atoms with E-state index in [9.17, 15) is 14.0 Å². The number of amides is 3. The number of aromatic nitrogens is 1. The number of benzene rings is 2. The van der Waals surface area contributed by atoms with Crippen LogP contribution in [0.3, 0.4) is 0 Å². The lowest BCUT2D eigenvalue weighted by Gasteiger charge is -2.37. The van der Waals surface area contributed by atoms with E-state index in [4.69, 9.17) is 0 Å². The number of nitrogens with zero attached hydrogens (tertiary/aromatic N) is 3. The van der Waals surface area contributed by atoms with Crippen molar-refractivity contribution in [3.63, 3.8) is 0 Å². The molecule has 1 aliphatic heterocycles. The zero-order chi connectivity index (χ0) is 28.8. The minimum atomic E-state index is -0.352. The molecular weight excluding hydrogens is 519 g/mol. The number of pyridine rings is 1. The molecule has 2 aromatic carbocycles. The Hall–Kier alpha value is -4.26. The Morgan fingerprint density at radius 1 is 1.05 bits per heavy atom. The van der Waals surface area contributed by atoms with E-state index < -0.39 is 0 Å². The summed E-state index contributed by atoms with van der Waals surface area (Å²) in [6.45, 7) is 4.69. The quantitative estimate of drug-likeness (QED) is 0.387. The van der Waals surface area contributed by atoms with E-state index in [1.165, 1.54) is 6.07 Å². The number of rotatable bonds is 6. The zero-order valence-electron chi connectivity index (χ0n) is 23.4. The molecule has 8 nitrogen and oxygen atoms in total. The molecule has 2 heterocycles. The van der Waals surface area contributed by atoms with Crippen LogP contribution in [-0.2, 0) is 6.54 Å². The summed E-state index contributed by atoms with van der Waals surface area (Å²) in [7, 11) is 2.04. The van der Waals surface area contributed by atoms with Gasteiger partial charge in [-0.1, -0.05) is 35.6 Å². The summed E-state index contributed by atoms with van der Waals surface area (Å²) in [5.74, 6) is 6.37. The summed E-state index contributed by atoms with van der Waals surface area (Å²) < 4.78 is 15.0. The minimum Gasteiger partial charge on any atom is -0.335 e. The molecule has 0 spiro atoms. The third-order valence-corrected chi connectivity index (χ3v) is 7.58. The Balaban J connectivity index is 1.15. The second-order valence-corrected chi connectivity index (χ2v) is 10.8. The molecule has 9 heteroatoms. The fourth-order valence-electron chi connectivity index (χ4n) is 4.73. The Morgan fingerprint density at radius 3 is 2.54 bits per heavy atom. The van der Waals surface area contributed by atoms with E-state index >= 15 is 0 Å². The van der Waals surface area contributed by atoms with Gasteiger partial charge in [0.05, 0.1) is 6.04 Å². The SMILES string of the molecule is Cc1ccc(C(=O)Nc2ccc(CN3CCN(C)C(C#Cc4ccc(NC(=O)NC5CCC5)nc4)C3)c(F)c2)cc1. The van der Waals surface area contributed by atoms with Crippen molar-refractivity contribution < 1.29 is 14.0 Å². The van der Waals surface area contributed by atoms with Gasteiger partial charge in [0.1, 0.15) is 11.6 Å². The molecule has 2 aliphatic rings. The standard InChI is InChI=1S/C32H35FN6O2/c1-22-6-10-24(11-7-22)31(40)35-27-13-12-25(29(33)18-27)20-39-17-16-38(2)28(21-39)14-8-23-9-15-30(34-19-23)37-32(41)36-26-4-3-5-26/h6-7,9-13,15,18-19,26,28H,3-5,16-17,20-21H2,1-2H3,(H,35,40)(H2,34,36,37,41). The molecule has 3 N–H and O–H groups in total. The predicted molar refractivity (Wildman–Crippen MR) is 158 cm³/mol. The van der Waals surface area contributed by atoms with Crippen molar-refractivity contribution >= 4 is 23.4 Å². The zero-order valence-corrected chi connectivity index (χ0v) is 23.4. The van der Waals surface area contributed by atoms with E-state index in [1.54, 1.807) is 36.5 Å². The number of anilines is 2. The van der Waals surface area contributed by atoms with Crippen LogP contribution in [-0.4, -0.2) is 65.5 Å². The first-order valence-corrected chi connectivity index (χ1v) is 14.0. The number of nitrogens with one attached hydrogen (secondary N) is 3. The molecular formula is C32H35FN6O2. The number of hydrogen-bond acceptors (Lipinski definition) is 5. The van der Waals surface area contributed by atoms with Crippen LogP contribution >= 0.6 is 0 Å². The number of likely N-dealkylation sites (N-methyl/N-ethyl adjacent to an activating group) is 1. The van der Waals surface area contributed by atoms with Gasteiger partial charge in [-0.05, 0) is 69.6 Å². The molecule has 0 radical (unpaired) electrons. The number of hydrogen-bond donors (Lipinski definition) is 3. The molecule has 1 saturated heterocycles. The lowest BCUT2D eigenvalue weighted by Crippen LogP contribution is -2.50. The molecule has 1 saturated carbocycles. The largest absolute Gasteiger partial charge is 0.335 e. The highest BCUT2D eigenvalue weighted by Gasteiger charge is 2.24. The van der Waals surface area contributed by atoms with Gasteiger partial charge in [0.25, 0.3) is 5.91 Å². The van der Waals surface area contributed by atoms with Gasteiger partial charge in [-0.2, -0.15) is 0 Å². The minimum absolute atomic E-state index is 0.0223. The van der Waals surface area contributed by atoms with E-state index in [2.05, 4.69) is 42.6 Å². The molecule has 41 heavy (non-hydrogen) atoms. The van der Waals surface area contributed by atoms with Gasteiger partial charge in [0.15, 0.2) is 0 Å². The first kappa shape index (κ1) is 28.3. The van der Waals surface area contributed by atoms with Crippen LogP contribution < -0.4 is 16.0 Å². The van der Waals surface area contributed by atoms with Crippen molar-refractivity contribution in [1.29, 1.82) is 0 Å². The van der Waals surface area contributed by atoms with Gasteiger partial charge in [-0.3, -0.25) is 19.9 Å². The topological polar surface area (TPSA) is 89.6 Å². The van der Waals surface area contributed by atoms with Crippen molar-refractivity contribution in [1.82, 2.24) is 20.1 Å². The van der Waals surface area contributed by atoms with E-state index in [-0.39, 0.29) is 29.8 Å². The number of aryl methyl sites for hydroxylation is 1. The number of urea groups is 1. The second kappa shape index (κ2) is 12.9. The maximum absolute atomic E-state index is 15.0. The summed E-state index contributed by atoms with van der Waals surface area (Å²) in [6, 6.07) is 15.7. The summed E-state index contributed by atoms with van der Waals surface area (Å²) in [6.07, 6.45) is 4.86. The maximum atomic E-state index is 15.0. The highest BCUT2D eigenvalue weighted by molar-refractivity contribution is 6.04. The molecule has 5 rings (SSSR count). The Labute approximate surface area is 240 Å². The van der Waals surface area contributed by atoms with Crippen molar-refractivity contribution in [2.45, 2.75) is 44.8 Å². The molecule has 0 bridgehead atoms. The highest BCUT2D eigenvalue weighted by Crippen LogP contribution is 2.20. The fraction of sp³-hybridized carbons (Fsp3) is 0.344. The molecule has 3 amide bonds. The number of piperazine rings is 1. The smallest absolute Gasteiger partial charge is 0.320 e. The van der Waals surface area contributed by atoms with Crippen LogP contribution in [0.15, 0.2) is 60.8 Å². The average Bonchev–Trinajstić information content (AvgIpc) is 2.93. The summed E-state index contributed by atoms with van der Waals surface area (Å²) in [4.78, 5) is 33.2. The van der Waals surface area contributed by atoms with Gasteiger partial charge in [0, 0.05) is 60.8 Å². The molecule has 212 valence electrons. The van der Waals surface area contributed by atoms with Crippen molar-refractivity contribution in [2.75, 3.05) is 37.3 Å². The van der Waals surface area contributed by atoms with E-state index in [1.807, 2.05) is 32.2 Å². The normalized spacial score (nSPS) is 17.6. The average molecular weight is 555 g/mol. The monoisotopic (exact) mass is 554 g/mol. The molecule has 1 atom stereocenters. The van der Waals surface area contributed by atoms with Crippen LogP contribution in [0.25, 0.3) is 0 Å². The van der Waals surface area contributed by atoms with Gasteiger partial charge >= 0.3 is 6.03 Å². The maximum Gasteiger partial charge on any atom is 0.320 e. The number of carbonyl (C=O) groups excluding carboxylic acids is 2. The number of carbonyl (C=O) groups is 2. The third kappa shape index (κ3) is 7.69. The highest BCUT2D eigenvalue weighted by atomic mass is 19.1. The Morgan fingerprint density at radius 2 is 1.85 bits per heavy atom. The molecule has 2 fully saturated rings. The van der Waals surface area contributed by atoms with E-state index in [0.29, 0.717) is 35.7 Å². The predicted octanol–water partition coefficient (Wildman–Crippen LogP) is 4.62. The fourth-order valence-corrected chi connectivity index (χ4v) is 4.73. The van der Waals surface area contributed by atoms with Gasteiger partial charge in [-0.25, -0.2) is 14.2 Å². The van der Waals surface area contributed by atoms with E-state index in [0.717, 1.165) is 43.5 Å². The van der Waals surface area contributed by atoms with Crippen LogP contribution in [0, 0.1) is 24.6 Å². The molecule has 1 unspecified atom stereocenters. The summed E-state index contributed by atoms with van der Waals surface area (Å²) in [5, 5.41) is 8.46. The van der Waals surface area contributed by atoms with Crippen LogP contribution in [0.4, 0.5) is 20.7 Å². The first-order chi connectivity index (χ1) is 19.8. The van der Waals surface area contributed by atoms with Crippen LogP contribution in [0.1, 0.15) is 46.3 Å². The van der Waals surface area contributed by atoms with Crippen LogP contribution in [0.2, 0.25) is 0 Å². The molecule has 1 aliphatic carbocycles. The van der Waals surface area contributed by atoms with Gasteiger partial charge < -0.3 is 10.6 Å². The van der Waals surface area contributed by atoms with Gasteiger partial charge in [0.2, 0.25) is 0 Å². The summed E-state index contributed by atoms with van der Waals surface area (Å²) in [5.41, 5.74) is 3.35. The van der Waals surface area contributed by atoms with Crippen molar-refractivity contribution in [2.24, 2.45) is 0 Å². The molecule has 3 aromatic rings. The first-order valence-electron chi connectivity index (χ1n) is 14.0. The van der Waals surface area contributed by atoms with Crippen molar-refractivity contribution in [3.05, 3.63) is 88.9 Å². The lowest BCUT2D eigenvalue weighted by atomic mass is 9.93. The third-order valence-electron chi connectivity index (χ3n) is 7.58. The van der Waals surface area contributed by atoms with Gasteiger partial charge in [-0.15, -0.1) is 0 Å². The lowest BCUT2D eigenvalue weighted by molar-refractivity contribution is 0.102. The van der Waals surface area contributed by atoms with Crippen LogP contribution in [0.5, 0.6) is 0 Å². The molecule has 1 aromatic heterocycles. The van der Waals surface area contributed by atoms with Crippen molar-refractivity contribution in [3.8, 4) is 11.8 Å². The Kier molecular flexibility index (Phi) is 8.92. The summed E-state index contributed by atoms with van der Waals surface area (Å²) >= 11 is 0.